The summed E-state index contributed by atoms with van der Waals surface area (Å²) < 4.78 is 10.7. The zero-order valence-corrected chi connectivity index (χ0v) is 20.3. The number of aliphatic imine (C=N–C) groups is 1. The van der Waals surface area contributed by atoms with E-state index in [1.807, 2.05) is 19.9 Å². The molecule has 1 aromatic rings. The summed E-state index contributed by atoms with van der Waals surface area (Å²) >= 11 is 0. The number of hydrogen-bond donors (Lipinski definition) is 2. The molecular weight excluding hydrogens is 483 g/mol. The number of nitrogens with zero attached hydrogens (tertiary/aromatic N) is 2. The van der Waals surface area contributed by atoms with Crippen LogP contribution in [0.4, 0.5) is 4.79 Å². The summed E-state index contributed by atoms with van der Waals surface area (Å²) in [5, 5.41) is 6.81. The number of ether oxygens (including phenoxy) is 2. The summed E-state index contributed by atoms with van der Waals surface area (Å²) in [5.41, 5.74) is 2.27. The van der Waals surface area contributed by atoms with Crippen LogP contribution in [-0.2, 0) is 11.3 Å². The van der Waals surface area contributed by atoms with Crippen molar-refractivity contribution in [3.05, 3.63) is 29.3 Å². The number of amides is 1. The Bertz CT molecular complexity index is 661. The second-order valence-corrected chi connectivity index (χ2v) is 6.83. The first-order valence-corrected chi connectivity index (χ1v) is 10.3. The number of aryl methyl sites for hydroxylation is 1. The monoisotopic (exact) mass is 518 g/mol. The fraction of sp³-hybridized carbons (Fsp3) is 0.619. The van der Waals surface area contributed by atoms with Gasteiger partial charge in [0, 0.05) is 25.7 Å². The van der Waals surface area contributed by atoms with Crippen molar-refractivity contribution in [3.8, 4) is 5.75 Å². The van der Waals surface area contributed by atoms with E-state index in [2.05, 4.69) is 36.6 Å². The van der Waals surface area contributed by atoms with E-state index in [1.165, 1.54) is 0 Å². The summed E-state index contributed by atoms with van der Waals surface area (Å²) in [6, 6.07) is 6.49. The van der Waals surface area contributed by atoms with Gasteiger partial charge in [0.1, 0.15) is 5.75 Å². The SMILES string of the molecule is CCNC(=NCc1ccc(OCC)c(C)c1)NC1CCN(C(=O)OCC)CC1.I. The summed E-state index contributed by atoms with van der Waals surface area (Å²) in [7, 11) is 0. The minimum atomic E-state index is -0.215. The zero-order chi connectivity index (χ0) is 20.4. The van der Waals surface area contributed by atoms with Gasteiger partial charge in [-0.3, -0.25) is 0 Å². The molecule has 0 aliphatic carbocycles. The summed E-state index contributed by atoms with van der Waals surface area (Å²) in [6.45, 7) is 11.8. The third-order valence-corrected chi connectivity index (χ3v) is 4.66. The van der Waals surface area contributed by atoms with Crippen molar-refractivity contribution < 1.29 is 14.3 Å². The van der Waals surface area contributed by atoms with Gasteiger partial charge in [-0.15, -0.1) is 24.0 Å². The van der Waals surface area contributed by atoms with Gasteiger partial charge >= 0.3 is 6.09 Å². The molecule has 29 heavy (non-hydrogen) atoms. The number of benzene rings is 1. The van der Waals surface area contributed by atoms with Crippen LogP contribution in [0.1, 0.15) is 44.7 Å². The number of halogens is 1. The van der Waals surface area contributed by atoms with Crippen LogP contribution in [0, 0.1) is 6.92 Å². The number of hydrogen-bond acceptors (Lipinski definition) is 4. The van der Waals surface area contributed by atoms with Crippen LogP contribution in [-0.4, -0.2) is 55.8 Å². The predicted molar refractivity (Wildman–Crippen MR) is 127 cm³/mol. The highest BCUT2D eigenvalue weighted by molar-refractivity contribution is 14.0. The quantitative estimate of drug-likeness (QED) is 0.327. The van der Waals surface area contributed by atoms with E-state index in [-0.39, 0.29) is 30.1 Å². The lowest BCUT2D eigenvalue weighted by atomic mass is 10.1. The maximum atomic E-state index is 11.8. The number of carbonyl (C=O) groups excluding carboxylic acids is 1. The Morgan fingerprint density at radius 2 is 1.93 bits per heavy atom. The number of likely N-dealkylation sites (tertiary alicyclic amines) is 1. The Hall–Kier alpha value is -1.71. The smallest absolute Gasteiger partial charge is 0.409 e. The third-order valence-electron chi connectivity index (χ3n) is 4.66. The van der Waals surface area contributed by atoms with Gasteiger partial charge in [0.05, 0.1) is 19.8 Å². The maximum absolute atomic E-state index is 11.8. The van der Waals surface area contributed by atoms with Gasteiger partial charge in [-0.05, 0) is 57.7 Å². The van der Waals surface area contributed by atoms with E-state index in [4.69, 9.17) is 14.5 Å². The Labute approximate surface area is 191 Å². The zero-order valence-electron chi connectivity index (χ0n) is 18.0. The molecule has 2 N–H and O–H groups in total. The summed E-state index contributed by atoms with van der Waals surface area (Å²) in [6.07, 6.45) is 1.55. The number of carbonyl (C=O) groups is 1. The van der Waals surface area contributed by atoms with Crippen molar-refractivity contribution in [2.45, 2.75) is 53.1 Å². The summed E-state index contributed by atoms with van der Waals surface area (Å²) in [5.74, 6) is 1.73. The van der Waals surface area contributed by atoms with Crippen LogP contribution >= 0.6 is 24.0 Å². The van der Waals surface area contributed by atoms with Crippen molar-refractivity contribution in [2.24, 2.45) is 4.99 Å². The van der Waals surface area contributed by atoms with E-state index in [0.717, 1.165) is 42.2 Å². The average Bonchev–Trinajstić information content (AvgIpc) is 2.69. The minimum Gasteiger partial charge on any atom is -0.494 e. The van der Waals surface area contributed by atoms with Gasteiger partial charge in [-0.2, -0.15) is 0 Å². The predicted octanol–water partition coefficient (Wildman–Crippen LogP) is 3.69. The Morgan fingerprint density at radius 3 is 2.52 bits per heavy atom. The van der Waals surface area contributed by atoms with E-state index >= 15 is 0 Å². The molecule has 7 nitrogen and oxygen atoms in total. The van der Waals surface area contributed by atoms with E-state index in [0.29, 0.717) is 38.9 Å². The Balaban J connectivity index is 0.00000420. The lowest BCUT2D eigenvalue weighted by Crippen LogP contribution is -2.49. The molecule has 1 fully saturated rings. The van der Waals surface area contributed by atoms with Crippen molar-refractivity contribution in [2.75, 3.05) is 32.8 Å². The molecule has 164 valence electrons. The van der Waals surface area contributed by atoms with Crippen LogP contribution in [0.3, 0.4) is 0 Å². The van der Waals surface area contributed by atoms with Gasteiger partial charge in [0.2, 0.25) is 0 Å². The molecule has 0 aromatic heterocycles. The highest BCUT2D eigenvalue weighted by Gasteiger charge is 2.24. The van der Waals surface area contributed by atoms with Crippen molar-refractivity contribution >= 4 is 36.0 Å². The molecule has 1 aliphatic rings. The Kier molecular flexibility index (Phi) is 11.8. The highest BCUT2D eigenvalue weighted by atomic mass is 127. The molecule has 1 aromatic carbocycles. The molecule has 2 rings (SSSR count). The van der Waals surface area contributed by atoms with Gasteiger partial charge in [-0.1, -0.05) is 12.1 Å². The van der Waals surface area contributed by atoms with Gasteiger partial charge in [0.15, 0.2) is 5.96 Å². The average molecular weight is 518 g/mol. The minimum absolute atomic E-state index is 0. The first-order valence-electron chi connectivity index (χ1n) is 10.3. The molecule has 1 aliphatic heterocycles. The molecule has 0 saturated carbocycles. The number of rotatable bonds is 7. The molecule has 0 unspecified atom stereocenters. The molecular formula is C21H35IN4O3. The van der Waals surface area contributed by atoms with Crippen molar-refractivity contribution in [3.63, 3.8) is 0 Å². The number of nitrogens with one attached hydrogen (secondary N) is 2. The van der Waals surface area contributed by atoms with Crippen molar-refractivity contribution in [1.82, 2.24) is 15.5 Å². The molecule has 1 heterocycles. The van der Waals surface area contributed by atoms with E-state index in [1.54, 1.807) is 4.90 Å². The van der Waals surface area contributed by atoms with E-state index < -0.39 is 0 Å². The highest BCUT2D eigenvalue weighted by Crippen LogP contribution is 2.19. The van der Waals surface area contributed by atoms with Crippen LogP contribution in [0.5, 0.6) is 5.75 Å². The molecule has 0 spiro atoms. The standard InChI is InChI=1S/C21H34N4O3.HI/c1-5-22-20(23-15-17-8-9-19(27-6-2)16(4)14-17)24-18-10-12-25(13-11-18)21(26)28-7-3;/h8-9,14,18H,5-7,10-13,15H2,1-4H3,(H2,22,23,24);1H. The van der Waals surface area contributed by atoms with Gasteiger partial charge < -0.3 is 25.0 Å². The fourth-order valence-electron chi connectivity index (χ4n) is 3.23. The molecule has 0 bridgehead atoms. The van der Waals surface area contributed by atoms with Crippen LogP contribution < -0.4 is 15.4 Å². The molecule has 0 radical (unpaired) electrons. The Morgan fingerprint density at radius 1 is 1.21 bits per heavy atom. The molecule has 8 heteroatoms. The molecule has 1 amide bonds. The van der Waals surface area contributed by atoms with Gasteiger partial charge in [0.25, 0.3) is 0 Å². The van der Waals surface area contributed by atoms with Crippen LogP contribution in [0.15, 0.2) is 23.2 Å². The van der Waals surface area contributed by atoms with E-state index in [9.17, 15) is 4.79 Å². The largest absolute Gasteiger partial charge is 0.494 e. The first kappa shape index (κ1) is 25.3. The summed E-state index contributed by atoms with van der Waals surface area (Å²) in [4.78, 5) is 18.3. The van der Waals surface area contributed by atoms with Crippen LogP contribution in [0.2, 0.25) is 0 Å². The second-order valence-electron chi connectivity index (χ2n) is 6.83. The van der Waals surface area contributed by atoms with Crippen LogP contribution in [0.25, 0.3) is 0 Å². The lowest BCUT2D eigenvalue weighted by Gasteiger charge is -2.32. The maximum Gasteiger partial charge on any atom is 0.409 e. The normalized spacial score (nSPS) is 14.8. The van der Waals surface area contributed by atoms with Gasteiger partial charge in [-0.25, -0.2) is 9.79 Å². The lowest BCUT2D eigenvalue weighted by molar-refractivity contribution is 0.0963. The fourth-order valence-corrected chi connectivity index (χ4v) is 3.23. The topological polar surface area (TPSA) is 75.2 Å². The van der Waals surface area contributed by atoms with Crippen molar-refractivity contribution in [1.29, 1.82) is 0 Å². The molecule has 1 saturated heterocycles. The molecule has 0 atom stereocenters. The third kappa shape index (κ3) is 8.28. The second kappa shape index (κ2) is 13.5. The number of piperidine rings is 1. The number of guanidine groups is 1. The first-order chi connectivity index (χ1) is 13.6.